The van der Waals surface area contributed by atoms with Crippen LogP contribution in [0.4, 0.5) is 0 Å². The quantitative estimate of drug-likeness (QED) is 0.134. The minimum Gasteiger partial charge on any atom is -0.256 e. The summed E-state index contributed by atoms with van der Waals surface area (Å²) in [4.78, 5) is 27.3. The number of hydrogen-bond acceptors (Lipinski definition) is 9. The molecule has 9 aromatic heterocycles. The maximum atomic E-state index is 4.62. The van der Waals surface area contributed by atoms with Gasteiger partial charge < -0.3 is 0 Å². The standard InChI is InChI=1S/C27H18N3P.C15H12N3P.C12H9PS3/c1-4-10-22-19(7-1)25(13-16-28-22)31(26-14-17-29-23-11-5-2-8-20(23)26)27-15-18-30-24-12-6-3-9-21(24)27;1-4-10-16-13(7-1)19(14-8-2-5-11-17-14)15-9-3-6-12-18-15;1-4-10(14-7-1)13(11-5-2-8-15-11)12-6-3-9-16-12/h1-18H;1-12H;1-9H. The minimum absolute atomic E-state index is 0.279. The fraction of sp³-hybridized carbons (Fsp3) is 0. The van der Waals surface area contributed by atoms with Crippen molar-refractivity contribution in [3.8, 4) is 0 Å². The molecule has 3 aromatic carbocycles. The average molecular weight is 961 g/mol. The highest BCUT2D eigenvalue weighted by Gasteiger charge is 2.24. The number of rotatable bonds is 9. The van der Waals surface area contributed by atoms with Gasteiger partial charge in [-0.05, 0) is 131 Å². The first-order valence-electron chi connectivity index (χ1n) is 21.1. The summed E-state index contributed by atoms with van der Waals surface area (Å²) in [5.74, 6) is 0. The Morgan fingerprint density at radius 1 is 0.258 bits per heavy atom. The van der Waals surface area contributed by atoms with Crippen molar-refractivity contribution >= 4 is 137 Å². The molecule has 0 saturated carbocycles. The molecule has 6 nitrogen and oxygen atoms in total. The van der Waals surface area contributed by atoms with Gasteiger partial charge in [0.2, 0.25) is 0 Å². The Balaban J connectivity index is 0.000000125. The van der Waals surface area contributed by atoms with Crippen LogP contribution in [-0.4, -0.2) is 29.9 Å². The largest absolute Gasteiger partial charge is 0.256 e. The zero-order valence-electron chi connectivity index (χ0n) is 35.3. The summed E-state index contributed by atoms with van der Waals surface area (Å²) in [7, 11) is -1.92. The highest BCUT2D eigenvalue weighted by molar-refractivity contribution is 7.90. The minimum atomic E-state index is -0.865. The van der Waals surface area contributed by atoms with Gasteiger partial charge in [0.1, 0.15) is 0 Å². The molecule has 12 aromatic rings. The molecule has 0 aliphatic carbocycles. The third-order valence-electron chi connectivity index (χ3n) is 10.4. The van der Waals surface area contributed by atoms with Gasteiger partial charge in [-0.3, -0.25) is 29.9 Å². The van der Waals surface area contributed by atoms with Gasteiger partial charge in [0.25, 0.3) is 0 Å². The molecule has 0 atom stereocenters. The van der Waals surface area contributed by atoms with Crippen molar-refractivity contribution in [2.24, 2.45) is 0 Å². The normalized spacial score (nSPS) is 11.1. The van der Waals surface area contributed by atoms with E-state index in [0.717, 1.165) is 32.9 Å². The predicted molar refractivity (Wildman–Crippen MR) is 288 cm³/mol. The molecular formula is C54H39N6P3S3. The molecule has 0 unspecified atom stereocenters. The number of aromatic nitrogens is 6. The van der Waals surface area contributed by atoms with Crippen molar-refractivity contribution in [1.82, 2.24) is 29.9 Å². The molecule has 0 N–H and O–H groups in total. The van der Waals surface area contributed by atoms with Gasteiger partial charge in [0, 0.05) is 83.0 Å². The summed E-state index contributed by atoms with van der Waals surface area (Å²) < 4.78 is 4.50. The van der Waals surface area contributed by atoms with Crippen molar-refractivity contribution in [2.75, 3.05) is 0 Å². The van der Waals surface area contributed by atoms with Crippen molar-refractivity contribution < 1.29 is 0 Å². The number of para-hydroxylation sites is 3. The third kappa shape index (κ3) is 9.79. The number of fused-ring (bicyclic) bond motifs is 3. The lowest BCUT2D eigenvalue weighted by Gasteiger charge is -2.23. The highest BCUT2D eigenvalue weighted by Crippen LogP contribution is 2.40. The Morgan fingerprint density at radius 2 is 0.591 bits per heavy atom. The molecular weight excluding hydrogens is 922 g/mol. The molecule has 0 bridgehead atoms. The summed E-state index contributed by atoms with van der Waals surface area (Å²) in [5, 5.41) is 14.0. The van der Waals surface area contributed by atoms with Crippen LogP contribution in [0, 0.1) is 0 Å². The second-order valence-electron chi connectivity index (χ2n) is 14.5. The first-order valence-corrected chi connectivity index (χ1v) is 27.7. The van der Waals surface area contributed by atoms with Crippen molar-refractivity contribution in [1.29, 1.82) is 0 Å². The number of benzene rings is 3. The van der Waals surface area contributed by atoms with Gasteiger partial charge in [-0.25, -0.2) is 0 Å². The zero-order chi connectivity index (χ0) is 44.3. The van der Waals surface area contributed by atoms with Crippen LogP contribution < -0.4 is 46.1 Å². The molecule has 12 rings (SSSR count). The van der Waals surface area contributed by atoms with E-state index in [4.69, 9.17) is 0 Å². The van der Waals surface area contributed by atoms with E-state index in [9.17, 15) is 0 Å². The van der Waals surface area contributed by atoms with Crippen LogP contribution in [0.15, 0.2) is 235 Å². The van der Waals surface area contributed by atoms with Gasteiger partial charge in [-0.15, -0.1) is 34.0 Å². The summed E-state index contributed by atoms with van der Waals surface area (Å²) in [6, 6.07) is 62.9. The van der Waals surface area contributed by atoms with Crippen LogP contribution in [0.25, 0.3) is 32.7 Å². The van der Waals surface area contributed by atoms with E-state index >= 15 is 0 Å². The Hall–Kier alpha value is -6.27. The average Bonchev–Trinajstić information content (AvgIpc) is 4.24. The Kier molecular flexibility index (Phi) is 14.1. The second-order valence-corrected chi connectivity index (χ2v) is 24.5. The fourth-order valence-electron chi connectivity index (χ4n) is 7.54. The lowest BCUT2D eigenvalue weighted by Crippen LogP contribution is -2.25. The molecule has 66 heavy (non-hydrogen) atoms. The van der Waals surface area contributed by atoms with E-state index in [1.807, 2.05) is 144 Å². The topological polar surface area (TPSA) is 77.3 Å². The summed E-state index contributed by atoms with van der Waals surface area (Å²) in [6.07, 6.45) is 11.2. The predicted octanol–water partition coefficient (Wildman–Crippen LogP) is 10.3. The van der Waals surface area contributed by atoms with Crippen LogP contribution in [0.5, 0.6) is 0 Å². The van der Waals surface area contributed by atoms with Gasteiger partial charge in [0.15, 0.2) is 0 Å². The zero-order valence-corrected chi connectivity index (χ0v) is 40.4. The van der Waals surface area contributed by atoms with E-state index in [-0.39, 0.29) is 7.92 Å². The summed E-state index contributed by atoms with van der Waals surface area (Å²) >= 11 is 5.61. The third-order valence-corrected chi connectivity index (χ3v) is 21.6. The number of nitrogens with zero attached hydrogens (tertiary/aromatic N) is 6. The van der Waals surface area contributed by atoms with Crippen LogP contribution in [0.1, 0.15) is 0 Å². The molecule has 0 spiro atoms. The highest BCUT2D eigenvalue weighted by atomic mass is 32.1. The van der Waals surface area contributed by atoms with Crippen LogP contribution in [0.2, 0.25) is 0 Å². The monoisotopic (exact) mass is 960 g/mol. The Morgan fingerprint density at radius 3 is 0.894 bits per heavy atom. The van der Waals surface area contributed by atoms with Crippen LogP contribution >= 0.6 is 57.8 Å². The smallest absolute Gasteiger partial charge is 0.0753 e. The lowest BCUT2D eigenvalue weighted by atomic mass is 10.2. The Labute approximate surface area is 399 Å². The molecule has 9 heterocycles. The van der Waals surface area contributed by atoms with Gasteiger partial charge in [-0.2, -0.15) is 0 Å². The summed E-state index contributed by atoms with van der Waals surface area (Å²) in [6.45, 7) is 0. The van der Waals surface area contributed by atoms with Crippen LogP contribution in [0.3, 0.4) is 0 Å². The summed E-state index contributed by atoms with van der Waals surface area (Å²) in [5.41, 5.74) is 6.12. The molecule has 0 aliphatic heterocycles. The van der Waals surface area contributed by atoms with Gasteiger partial charge in [-0.1, -0.05) is 91.0 Å². The number of thiophene rings is 3. The molecule has 0 fully saturated rings. The van der Waals surface area contributed by atoms with Gasteiger partial charge >= 0.3 is 0 Å². The second kappa shape index (κ2) is 21.4. The fourth-order valence-corrected chi connectivity index (χ4v) is 19.0. The van der Waals surface area contributed by atoms with E-state index < -0.39 is 15.8 Å². The molecule has 0 aliphatic rings. The number of hydrogen-bond donors (Lipinski definition) is 0. The van der Waals surface area contributed by atoms with Crippen molar-refractivity contribution in [3.05, 3.63) is 235 Å². The first-order chi connectivity index (χ1) is 32.8. The molecule has 0 amide bonds. The molecule has 0 saturated heterocycles. The van der Waals surface area contributed by atoms with Crippen molar-refractivity contribution in [3.63, 3.8) is 0 Å². The van der Waals surface area contributed by atoms with E-state index in [2.05, 4.69) is 155 Å². The van der Waals surface area contributed by atoms with E-state index in [1.165, 1.54) is 45.9 Å². The van der Waals surface area contributed by atoms with E-state index in [0.29, 0.717) is 0 Å². The molecule has 12 heteroatoms. The maximum Gasteiger partial charge on any atom is 0.0753 e. The first kappa shape index (κ1) is 43.6. The maximum absolute atomic E-state index is 4.62. The molecule has 318 valence electrons. The number of pyridine rings is 6. The SMILES string of the molecule is c1ccc(P(c2ccccn2)c2ccccn2)nc1.c1ccc2c(P(c3ccnc4ccccc34)c3ccnc4ccccc34)ccnc2c1.c1csc(P(c2cccs2)c2cccs2)c1. The lowest BCUT2D eigenvalue weighted by molar-refractivity contribution is 1.35. The van der Waals surface area contributed by atoms with Gasteiger partial charge in [0.05, 0.1) is 32.9 Å². The molecule has 0 radical (unpaired) electrons. The van der Waals surface area contributed by atoms with E-state index in [1.54, 1.807) is 0 Å². The van der Waals surface area contributed by atoms with Crippen LogP contribution in [-0.2, 0) is 0 Å². The Bertz CT molecular complexity index is 3020. The van der Waals surface area contributed by atoms with Crippen molar-refractivity contribution in [2.45, 2.75) is 0 Å².